The van der Waals surface area contributed by atoms with Gasteiger partial charge >= 0.3 is 12.2 Å². The van der Waals surface area contributed by atoms with E-state index in [4.69, 9.17) is 25.8 Å². The Morgan fingerprint density at radius 1 is 1.24 bits per heavy atom. The number of carbonyl (C=O) groups excluding carboxylic acids is 1. The highest BCUT2D eigenvalue weighted by molar-refractivity contribution is 6.33. The van der Waals surface area contributed by atoms with E-state index in [0.29, 0.717) is 24.7 Å². The van der Waals surface area contributed by atoms with Crippen LogP contribution in [0.15, 0.2) is 42.7 Å². The Kier molecular flexibility index (Phi) is 7.36. The molecular formula is C28H28ClF3N6O4. The number of pyridine rings is 1. The molecule has 2 aromatic heterocycles. The first-order valence-corrected chi connectivity index (χ1v) is 13.8. The number of rotatable bonds is 5. The highest BCUT2D eigenvalue weighted by Gasteiger charge is 2.39. The van der Waals surface area contributed by atoms with Crippen molar-refractivity contribution in [2.75, 3.05) is 41.4 Å². The van der Waals surface area contributed by atoms with Gasteiger partial charge in [0.2, 0.25) is 5.88 Å². The van der Waals surface area contributed by atoms with Crippen molar-refractivity contribution >= 4 is 35.0 Å². The third kappa shape index (κ3) is 5.81. The molecule has 3 aliphatic rings. The normalized spacial score (nSPS) is 21.2. The second-order valence-electron chi connectivity index (χ2n) is 10.8. The van der Waals surface area contributed by atoms with Crippen molar-refractivity contribution in [2.45, 2.75) is 50.8 Å². The van der Waals surface area contributed by atoms with Crippen molar-refractivity contribution < 1.29 is 32.2 Å². The fourth-order valence-electron chi connectivity index (χ4n) is 5.42. The monoisotopic (exact) mass is 604 g/mol. The van der Waals surface area contributed by atoms with Gasteiger partial charge in [0.15, 0.2) is 17.4 Å². The maximum absolute atomic E-state index is 13.7. The van der Waals surface area contributed by atoms with Crippen LogP contribution in [0, 0.1) is 0 Å². The van der Waals surface area contributed by atoms with Gasteiger partial charge in [-0.2, -0.15) is 18.2 Å². The molecule has 2 saturated heterocycles. The Hall–Kier alpha value is -3.68. The maximum Gasteiger partial charge on any atom is 0.416 e. The van der Waals surface area contributed by atoms with E-state index in [1.54, 1.807) is 6.07 Å². The molecule has 0 radical (unpaired) electrons. The Bertz CT molecular complexity index is 1510. The molecule has 1 aromatic carbocycles. The minimum absolute atomic E-state index is 0.150. The van der Waals surface area contributed by atoms with Crippen molar-refractivity contribution in [3.05, 3.63) is 53.3 Å². The lowest BCUT2D eigenvalue weighted by Crippen LogP contribution is -2.56. The number of urea groups is 1. The van der Waals surface area contributed by atoms with Gasteiger partial charge in [-0.25, -0.2) is 9.78 Å². The van der Waals surface area contributed by atoms with Crippen molar-refractivity contribution in [1.29, 1.82) is 0 Å². The quantitative estimate of drug-likeness (QED) is 0.392. The van der Waals surface area contributed by atoms with Crippen LogP contribution in [-0.2, 0) is 15.7 Å². The average Bonchev–Trinajstić information content (AvgIpc) is 3.30. The largest absolute Gasteiger partial charge is 0.474 e. The van der Waals surface area contributed by atoms with Crippen LogP contribution in [0.25, 0.3) is 11.3 Å². The summed E-state index contributed by atoms with van der Waals surface area (Å²) in [4.78, 5) is 30.5. The first-order chi connectivity index (χ1) is 20.0. The Morgan fingerprint density at radius 3 is 2.83 bits per heavy atom. The Balaban J connectivity index is 1.27. The standard InChI is InChI=1S/C28H28ClF3N6O4/c1-27(2)41-15-19(42-27)14-40-23-12-33-11-22(34-23)35-26(39)38-18-7-4-8-37(13-18)21-10-20(29)24(36-25(21)38)16-5-3-6-17(9-16)28(30,31)32/h3,5-6,9-12,18-19H,4,7-8,13-15H2,1-2H3,(H,34,35,39)/t18?,19-/m0/s1. The third-order valence-electron chi connectivity index (χ3n) is 7.28. The van der Waals surface area contributed by atoms with Crippen LogP contribution >= 0.6 is 11.6 Å². The second-order valence-corrected chi connectivity index (χ2v) is 11.2. The first kappa shape index (κ1) is 28.4. The zero-order valence-corrected chi connectivity index (χ0v) is 23.6. The number of amides is 2. The molecule has 2 fully saturated rings. The average molecular weight is 605 g/mol. The van der Waals surface area contributed by atoms with Crippen molar-refractivity contribution in [1.82, 2.24) is 15.0 Å². The number of alkyl halides is 3. The van der Waals surface area contributed by atoms with Gasteiger partial charge in [-0.15, -0.1) is 0 Å². The molecule has 222 valence electrons. The van der Waals surface area contributed by atoms with Gasteiger partial charge < -0.3 is 19.1 Å². The number of halogens is 4. The fraction of sp³-hybridized carbons (Fsp3) is 0.429. The highest BCUT2D eigenvalue weighted by Crippen LogP contribution is 2.43. The zero-order valence-electron chi connectivity index (χ0n) is 22.8. The van der Waals surface area contributed by atoms with Crippen LogP contribution in [0.1, 0.15) is 32.3 Å². The molecule has 2 amide bonds. The minimum Gasteiger partial charge on any atom is -0.474 e. The Morgan fingerprint density at radius 2 is 2.07 bits per heavy atom. The van der Waals surface area contributed by atoms with E-state index in [1.807, 2.05) is 13.8 Å². The molecule has 2 bridgehead atoms. The molecule has 5 heterocycles. The summed E-state index contributed by atoms with van der Waals surface area (Å²) in [5, 5.41) is 2.97. The molecule has 1 unspecified atom stereocenters. The van der Waals surface area contributed by atoms with Gasteiger partial charge in [0.1, 0.15) is 12.7 Å². The molecular weight excluding hydrogens is 577 g/mol. The van der Waals surface area contributed by atoms with E-state index < -0.39 is 23.6 Å². The Labute approximate surface area is 244 Å². The topological polar surface area (TPSA) is 102 Å². The second kappa shape index (κ2) is 10.9. The molecule has 14 heteroatoms. The molecule has 3 aromatic rings. The summed E-state index contributed by atoms with van der Waals surface area (Å²) in [6.07, 6.45) is -0.419. The minimum atomic E-state index is -4.53. The van der Waals surface area contributed by atoms with Gasteiger partial charge in [-0.3, -0.25) is 15.2 Å². The number of aromatic nitrogens is 3. The summed E-state index contributed by atoms with van der Waals surface area (Å²) in [7, 11) is 0. The highest BCUT2D eigenvalue weighted by atomic mass is 35.5. The van der Waals surface area contributed by atoms with Crippen LogP contribution in [0.4, 0.5) is 35.3 Å². The number of hydrogen-bond acceptors (Lipinski definition) is 8. The number of nitrogens with zero attached hydrogens (tertiary/aromatic N) is 5. The van der Waals surface area contributed by atoms with Crippen LogP contribution < -0.4 is 19.9 Å². The third-order valence-corrected chi connectivity index (χ3v) is 7.57. The smallest absolute Gasteiger partial charge is 0.416 e. The molecule has 10 nitrogen and oxygen atoms in total. The number of hydrogen-bond donors (Lipinski definition) is 1. The summed E-state index contributed by atoms with van der Waals surface area (Å²) < 4.78 is 57.3. The van der Waals surface area contributed by atoms with Crippen molar-refractivity contribution in [3.8, 4) is 17.1 Å². The molecule has 42 heavy (non-hydrogen) atoms. The predicted molar refractivity (Wildman–Crippen MR) is 149 cm³/mol. The van der Waals surface area contributed by atoms with Crippen LogP contribution in [0.5, 0.6) is 5.88 Å². The van der Waals surface area contributed by atoms with E-state index in [-0.39, 0.29) is 46.7 Å². The van der Waals surface area contributed by atoms with Crippen molar-refractivity contribution in [3.63, 3.8) is 0 Å². The van der Waals surface area contributed by atoms with Crippen LogP contribution in [-0.4, -0.2) is 65.2 Å². The molecule has 0 aliphatic carbocycles. The van der Waals surface area contributed by atoms with E-state index >= 15 is 0 Å². The molecule has 3 aliphatic heterocycles. The van der Waals surface area contributed by atoms with E-state index in [0.717, 1.165) is 31.5 Å². The van der Waals surface area contributed by atoms with Gasteiger partial charge in [0, 0.05) is 18.7 Å². The number of ether oxygens (including phenoxy) is 3. The number of anilines is 3. The summed E-state index contributed by atoms with van der Waals surface area (Å²) in [5.41, 5.74) is 0.158. The lowest BCUT2D eigenvalue weighted by atomic mass is 9.99. The van der Waals surface area contributed by atoms with Gasteiger partial charge in [-0.1, -0.05) is 23.7 Å². The van der Waals surface area contributed by atoms with Gasteiger partial charge in [-0.05, 0) is 44.9 Å². The fourth-order valence-corrected chi connectivity index (χ4v) is 5.67. The SMILES string of the molecule is CC1(C)OC[C@H](COc2cncc(NC(=O)N3c4nc(-c5cccc(C(F)(F)F)c5)c(Cl)cc4N4CCCC3C4)n2)O1. The predicted octanol–water partition coefficient (Wildman–Crippen LogP) is 5.76. The lowest BCUT2D eigenvalue weighted by Gasteiger charge is -2.46. The summed E-state index contributed by atoms with van der Waals surface area (Å²) >= 11 is 6.57. The van der Waals surface area contributed by atoms with E-state index in [2.05, 4.69) is 25.2 Å². The number of piperidine rings is 1. The summed E-state index contributed by atoms with van der Waals surface area (Å²) in [6, 6.07) is 5.73. The molecule has 0 spiro atoms. The maximum atomic E-state index is 13.7. The molecule has 0 saturated carbocycles. The summed E-state index contributed by atoms with van der Waals surface area (Å²) in [5.74, 6) is -0.0237. The number of carbonyl (C=O) groups is 1. The molecule has 6 rings (SSSR count). The molecule has 1 N–H and O–H groups in total. The number of benzene rings is 1. The number of fused-ring (bicyclic) bond motifs is 4. The molecule has 2 atom stereocenters. The van der Waals surface area contributed by atoms with Gasteiger partial charge in [0.05, 0.1) is 47.0 Å². The van der Waals surface area contributed by atoms with Crippen LogP contribution in [0.2, 0.25) is 5.02 Å². The zero-order chi connectivity index (χ0) is 29.6. The number of nitrogens with one attached hydrogen (secondary N) is 1. The van der Waals surface area contributed by atoms with E-state index in [1.165, 1.54) is 29.4 Å². The first-order valence-electron chi connectivity index (χ1n) is 13.5. The summed E-state index contributed by atoms with van der Waals surface area (Å²) in [6.45, 7) is 5.52. The lowest BCUT2D eigenvalue weighted by molar-refractivity contribution is -0.141. The van der Waals surface area contributed by atoms with Crippen LogP contribution in [0.3, 0.4) is 0 Å². The van der Waals surface area contributed by atoms with Crippen molar-refractivity contribution in [2.24, 2.45) is 0 Å². The van der Waals surface area contributed by atoms with E-state index in [9.17, 15) is 18.0 Å². The van der Waals surface area contributed by atoms with Gasteiger partial charge in [0.25, 0.3) is 0 Å².